The topological polar surface area (TPSA) is 71.2 Å². The van der Waals surface area contributed by atoms with Crippen molar-refractivity contribution in [3.63, 3.8) is 0 Å². The Bertz CT molecular complexity index is 1230. The summed E-state index contributed by atoms with van der Waals surface area (Å²) in [6.45, 7) is 3.51. The minimum Gasteiger partial charge on any atom is -0.478 e. The van der Waals surface area contributed by atoms with Crippen molar-refractivity contribution in [2.75, 3.05) is 18.0 Å². The van der Waals surface area contributed by atoms with Crippen LogP contribution in [0.1, 0.15) is 52.9 Å². The van der Waals surface area contributed by atoms with Gasteiger partial charge in [0.25, 0.3) is 6.43 Å². The van der Waals surface area contributed by atoms with Crippen LogP contribution in [0.4, 0.5) is 14.6 Å². The van der Waals surface area contributed by atoms with Crippen LogP contribution in [0.3, 0.4) is 0 Å². The number of piperidine rings is 1. The van der Waals surface area contributed by atoms with Crippen LogP contribution in [-0.4, -0.2) is 38.9 Å². The predicted octanol–water partition coefficient (Wildman–Crippen LogP) is 5.29. The Morgan fingerprint density at radius 1 is 1.12 bits per heavy atom. The van der Waals surface area contributed by atoms with Gasteiger partial charge < -0.3 is 10.0 Å². The van der Waals surface area contributed by atoms with Gasteiger partial charge in [-0.1, -0.05) is 24.3 Å². The molecule has 3 aromatic rings. The van der Waals surface area contributed by atoms with Crippen molar-refractivity contribution in [2.24, 2.45) is 5.41 Å². The zero-order valence-electron chi connectivity index (χ0n) is 18.2. The number of anilines is 1. The number of para-hydroxylation sites is 1. The van der Waals surface area contributed by atoms with E-state index < -0.39 is 12.4 Å². The van der Waals surface area contributed by atoms with Crippen LogP contribution in [0.25, 0.3) is 11.3 Å². The Balaban J connectivity index is 1.37. The van der Waals surface area contributed by atoms with Gasteiger partial charge in [-0.25, -0.2) is 23.2 Å². The van der Waals surface area contributed by atoms with E-state index in [4.69, 9.17) is 5.11 Å². The summed E-state index contributed by atoms with van der Waals surface area (Å²) in [6.07, 6.45) is 4.75. The molecule has 1 aliphatic heterocycles. The number of nitrogens with zero attached hydrogens (tertiary/aromatic N) is 4. The van der Waals surface area contributed by atoms with Gasteiger partial charge in [0.2, 0.25) is 0 Å². The molecule has 6 nitrogen and oxygen atoms in total. The van der Waals surface area contributed by atoms with Crippen LogP contribution >= 0.6 is 0 Å². The van der Waals surface area contributed by atoms with Gasteiger partial charge in [-0.05, 0) is 60.9 Å². The van der Waals surface area contributed by atoms with Crippen LogP contribution in [0.5, 0.6) is 0 Å². The van der Waals surface area contributed by atoms with Crippen LogP contribution < -0.4 is 4.90 Å². The summed E-state index contributed by atoms with van der Waals surface area (Å²) in [4.78, 5) is 17.5. The molecular formula is C25H24F2N4O2. The average Bonchev–Trinajstić information content (AvgIpc) is 3.23. The molecule has 170 valence electrons. The van der Waals surface area contributed by atoms with Crippen LogP contribution in [-0.2, 0) is 0 Å². The summed E-state index contributed by atoms with van der Waals surface area (Å²) in [5.74, 6) is -0.233. The van der Waals surface area contributed by atoms with E-state index in [0.29, 0.717) is 5.69 Å². The molecule has 1 spiro atoms. The molecule has 0 amide bonds. The molecule has 3 heterocycles. The molecule has 2 aliphatic rings. The van der Waals surface area contributed by atoms with E-state index in [-0.39, 0.29) is 16.5 Å². The number of hydrogen-bond donors (Lipinski definition) is 1. The van der Waals surface area contributed by atoms with E-state index in [9.17, 15) is 13.6 Å². The normalized spacial score (nSPS) is 17.2. The molecule has 33 heavy (non-hydrogen) atoms. The predicted molar refractivity (Wildman–Crippen MR) is 121 cm³/mol. The number of hydrogen-bond acceptors (Lipinski definition) is 4. The summed E-state index contributed by atoms with van der Waals surface area (Å²) < 4.78 is 29.2. The molecule has 2 aromatic heterocycles. The number of pyridine rings is 1. The van der Waals surface area contributed by atoms with Crippen molar-refractivity contribution in [3.8, 4) is 5.69 Å². The maximum absolute atomic E-state index is 13.8. The molecule has 1 saturated heterocycles. The summed E-state index contributed by atoms with van der Waals surface area (Å²) in [5.41, 5.74) is 3.35. The quantitative estimate of drug-likeness (QED) is 0.572. The Morgan fingerprint density at radius 3 is 2.45 bits per heavy atom. The highest BCUT2D eigenvalue weighted by Gasteiger charge is 2.42. The first-order valence-corrected chi connectivity index (χ1v) is 11.0. The van der Waals surface area contributed by atoms with Crippen molar-refractivity contribution >= 4 is 17.4 Å². The van der Waals surface area contributed by atoms with Gasteiger partial charge in [-0.15, -0.1) is 0 Å². The third kappa shape index (κ3) is 3.79. The second kappa shape index (κ2) is 8.10. The van der Waals surface area contributed by atoms with Crippen molar-refractivity contribution in [1.82, 2.24) is 14.8 Å². The number of aromatic carboxylic acids is 1. The van der Waals surface area contributed by atoms with Crippen LogP contribution in [0.15, 0.2) is 54.9 Å². The largest absolute Gasteiger partial charge is 0.478 e. The van der Waals surface area contributed by atoms with Crippen molar-refractivity contribution in [2.45, 2.75) is 32.6 Å². The molecule has 0 atom stereocenters. The van der Waals surface area contributed by atoms with Gasteiger partial charge in [-0.3, -0.25) is 0 Å². The first-order valence-electron chi connectivity index (χ1n) is 11.0. The average molecular weight is 450 g/mol. The van der Waals surface area contributed by atoms with Crippen molar-refractivity contribution in [1.29, 1.82) is 0 Å². The maximum atomic E-state index is 13.8. The zero-order valence-corrected chi connectivity index (χ0v) is 18.2. The van der Waals surface area contributed by atoms with E-state index in [0.717, 1.165) is 55.0 Å². The molecule has 0 radical (unpaired) electrons. The van der Waals surface area contributed by atoms with Gasteiger partial charge in [0, 0.05) is 19.3 Å². The highest BCUT2D eigenvalue weighted by atomic mass is 19.3. The highest BCUT2D eigenvalue weighted by molar-refractivity contribution is 5.87. The molecule has 0 saturated carbocycles. The number of aromatic nitrogens is 3. The van der Waals surface area contributed by atoms with Crippen LogP contribution in [0.2, 0.25) is 0 Å². The van der Waals surface area contributed by atoms with Crippen LogP contribution in [0, 0.1) is 12.3 Å². The molecule has 1 aromatic carbocycles. The molecule has 0 unspecified atom stereocenters. The molecule has 5 rings (SSSR count). The molecule has 8 heteroatoms. The van der Waals surface area contributed by atoms with E-state index >= 15 is 0 Å². The lowest BCUT2D eigenvalue weighted by atomic mass is 9.64. The zero-order chi connectivity index (χ0) is 23.2. The number of allylic oxidation sites excluding steroid dienone is 2. The standard InChI is InChI=1S/C25H24F2N4O2/c1-16-4-2-3-5-20(16)31-22(19(15-29-31)23(26)27)18-12-25(13-18)8-10-30(11-9-25)21-7-6-17(14-28-21)24(32)33/h2-7,12,14-15,23H,8-11,13H2,1H3,(H,32,33). The molecule has 0 bridgehead atoms. The number of rotatable bonds is 5. The van der Waals surface area contributed by atoms with Gasteiger partial charge in [0.15, 0.2) is 0 Å². The first kappa shape index (κ1) is 21.3. The van der Waals surface area contributed by atoms with E-state index in [2.05, 4.69) is 21.1 Å². The minimum atomic E-state index is -2.59. The number of halogens is 2. The number of aryl methyl sites for hydroxylation is 1. The van der Waals surface area contributed by atoms with Crippen molar-refractivity contribution < 1.29 is 18.7 Å². The molecule has 1 fully saturated rings. The van der Waals surface area contributed by atoms with Gasteiger partial charge in [0.05, 0.1) is 28.7 Å². The number of carbonyl (C=O) groups is 1. The molecule has 1 aliphatic carbocycles. The molecule has 1 N–H and O–H groups in total. The fourth-order valence-corrected chi connectivity index (χ4v) is 4.90. The van der Waals surface area contributed by atoms with E-state index in [1.165, 1.54) is 12.4 Å². The number of carboxylic acid groups (broad SMARTS) is 1. The fourth-order valence-electron chi connectivity index (χ4n) is 4.90. The number of benzene rings is 1. The van der Waals surface area contributed by atoms with E-state index in [1.807, 2.05) is 31.2 Å². The first-order chi connectivity index (χ1) is 15.9. The number of alkyl halides is 2. The maximum Gasteiger partial charge on any atom is 0.337 e. The Hall–Kier alpha value is -3.55. The Labute approximate surface area is 190 Å². The summed E-state index contributed by atoms with van der Waals surface area (Å²) in [6, 6.07) is 11.0. The lowest BCUT2D eigenvalue weighted by Crippen LogP contribution is -2.42. The smallest absolute Gasteiger partial charge is 0.337 e. The second-order valence-electron chi connectivity index (χ2n) is 8.85. The second-order valence-corrected chi connectivity index (χ2v) is 8.85. The summed E-state index contributed by atoms with van der Waals surface area (Å²) in [7, 11) is 0. The lowest BCUT2D eigenvalue weighted by Gasteiger charge is -2.46. The highest BCUT2D eigenvalue weighted by Crippen LogP contribution is 2.52. The minimum absolute atomic E-state index is 0.00688. The number of carboxylic acids is 1. The Kier molecular flexibility index (Phi) is 5.23. The Morgan fingerprint density at radius 2 is 1.85 bits per heavy atom. The monoisotopic (exact) mass is 450 g/mol. The SMILES string of the molecule is Cc1ccccc1-n1ncc(C(F)F)c1C1=CC2(CCN(c3ccc(C(=O)O)cn3)CC2)C1. The lowest BCUT2D eigenvalue weighted by molar-refractivity contribution is 0.0696. The van der Waals surface area contributed by atoms with E-state index in [1.54, 1.807) is 16.8 Å². The fraction of sp³-hybridized carbons (Fsp3) is 0.320. The van der Waals surface area contributed by atoms with Gasteiger partial charge >= 0.3 is 5.97 Å². The van der Waals surface area contributed by atoms with Gasteiger partial charge in [0.1, 0.15) is 5.82 Å². The van der Waals surface area contributed by atoms with Gasteiger partial charge in [-0.2, -0.15) is 5.10 Å². The summed E-state index contributed by atoms with van der Waals surface area (Å²) >= 11 is 0. The third-order valence-electron chi connectivity index (χ3n) is 6.78. The third-order valence-corrected chi connectivity index (χ3v) is 6.78. The van der Waals surface area contributed by atoms with Crippen molar-refractivity contribution in [3.05, 3.63) is 77.3 Å². The summed E-state index contributed by atoms with van der Waals surface area (Å²) in [5, 5.41) is 13.4. The molecular weight excluding hydrogens is 426 g/mol.